The second kappa shape index (κ2) is 8.59. The third-order valence-corrected chi connectivity index (χ3v) is 5.50. The Morgan fingerprint density at radius 3 is 2.26 bits per heavy atom. The maximum atomic E-state index is 13.7. The van der Waals surface area contributed by atoms with Crippen LogP contribution >= 0.6 is 0 Å². The molecule has 3 aromatic rings. The van der Waals surface area contributed by atoms with Crippen LogP contribution in [-0.4, -0.2) is 30.5 Å². The van der Waals surface area contributed by atoms with Crippen LogP contribution in [0.3, 0.4) is 0 Å². The van der Waals surface area contributed by atoms with Crippen molar-refractivity contribution in [1.82, 2.24) is 0 Å². The van der Waals surface area contributed by atoms with Crippen LogP contribution in [0.2, 0.25) is 0 Å². The fraction of sp³-hybridized carbons (Fsp3) is 0.250. The number of rotatable bonds is 5. The first kappa shape index (κ1) is 21.2. The molecule has 0 aromatic heterocycles. The number of nitrogens with zero attached hydrogens (tertiary/aromatic N) is 2. The molecule has 0 saturated carbocycles. The van der Waals surface area contributed by atoms with Crippen molar-refractivity contribution in [3.05, 3.63) is 95.8 Å². The molecule has 162 valence electrons. The first-order chi connectivity index (χ1) is 14.8. The van der Waals surface area contributed by atoms with Gasteiger partial charge in [0, 0.05) is 13.1 Å². The lowest BCUT2D eigenvalue weighted by Crippen LogP contribution is -2.49. The van der Waals surface area contributed by atoms with Crippen LogP contribution in [0, 0.1) is 5.82 Å². The molecule has 7 heteroatoms. The number of alkyl halides is 3. The molecule has 0 radical (unpaired) electrons. The number of fused-ring (bicyclic) bond motifs is 1. The predicted molar refractivity (Wildman–Crippen MR) is 112 cm³/mol. The van der Waals surface area contributed by atoms with E-state index in [4.69, 9.17) is 0 Å². The van der Waals surface area contributed by atoms with Gasteiger partial charge in [-0.2, -0.15) is 13.2 Å². The van der Waals surface area contributed by atoms with Gasteiger partial charge in [-0.1, -0.05) is 54.6 Å². The molecule has 3 aromatic carbocycles. The molecule has 0 amide bonds. The summed E-state index contributed by atoms with van der Waals surface area (Å²) in [5.74, 6) is -0.336. The maximum Gasteiger partial charge on any atom is 0.416 e. The predicted octanol–water partition coefficient (Wildman–Crippen LogP) is 5.32. The average Bonchev–Trinajstić information content (AvgIpc) is 2.75. The molecule has 1 unspecified atom stereocenters. The van der Waals surface area contributed by atoms with Gasteiger partial charge in [-0.3, -0.25) is 0 Å². The summed E-state index contributed by atoms with van der Waals surface area (Å²) in [5, 5.41) is 9.84. The monoisotopic (exact) mass is 430 g/mol. The van der Waals surface area contributed by atoms with Crippen LogP contribution in [0.25, 0.3) is 0 Å². The van der Waals surface area contributed by atoms with Gasteiger partial charge in [0.15, 0.2) is 6.10 Å². The summed E-state index contributed by atoms with van der Waals surface area (Å²) in [7, 11) is 0. The zero-order chi connectivity index (χ0) is 22.0. The summed E-state index contributed by atoms with van der Waals surface area (Å²) >= 11 is 0. The summed E-state index contributed by atoms with van der Waals surface area (Å²) in [6.07, 6.45) is -7.18. The van der Waals surface area contributed by atoms with Gasteiger partial charge in [-0.05, 0) is 35.4 Å². The number of anilines is 2. The average molecular weight is 430 g/mol. The fourth-order valence-corrected chi connectivity index (χ4v) is 4.03. The molecule has 0 aliphatic carbocycles. The summed E-state index contributed by atoms with van der Waals surface area (Å²) < 4.78 is 53.3. The third kappa shape index (κ3) is 4.66. The Hall–Kier alpha value is -3.06. The topological polar surface area (TPSA) is 26.7 Å². The van der Waals surface area contributed by atoms with E-state index in [-0.39, 0.29) is 5.82 Å². The zero-order valence-electron chi connectivity index (χ0n) is 16.6. The Bertz CT molecular complexity index is 1030. The van der Waals surface area contributed by atoms with Crippen LogP contribution in [0.15, 0.2) is 78.9 Å². The van der Waals surface area contributed by atoms with Crippen molar-refractivity contribution < 1.29 is 22.7 Å². The lowest BCUT2D eigenvalue weighted by molar-refractivity contribution is -0.200. The van der Waals surface area contributed by atoms with Gasteiger partial charge in [-0.15, -0.1) is 0 Å². The van der Waals surface area contributed by atoms with Crippen molar-refractivity contribution >= 4 is 11.4 Å². The van der Waals surface area contributed by atoms with Crippen LogP contribution < -0.4 is 9.80 Å². The van der Waals surface area contributed by atoms with Crippen molar-refractivity contribution in [2.45, 2.75) is 24.9 Å². The van der Waals surface area contributed by atoms with E-state index in [1.165, 1.54) is 12.1 Å². The Morgan fingerprint density at radius 2 is 1.58 bits per heavy atom. The number of aliphatic hydroxyl groups is 1. The first-order valence-corrected chi connectivity index (χ1v) is 9.98. The molecular weight excluding hydrogens is 408 g/mol. The second-order valence-electron chi connectivity index (χ2n) is 7.64. The molecule has 3 nitrogen and oxygen atoms in total. The van der Waals surface area contributed by atoms with Crippen LogP contribution in [0.1, 0.15) is 17.2 Å². The Kier molecular flexibility index (Phi) is 5.87. The van der Waals surface area contributed by atoms with Gasteiger partial charge in [0.2, 0.25) is 0 Å². The molecular formula is C24H22F4N2O. The van der Waals surface area contributed by atoms with Crippen LogP contribution in [-0.2, 0) is 6.54 Å². The van der Waals surface area contributed by atoms with Crippen molar-refractivity contribution in [2.75, 3.05) is 22.9 Å². The van der Waals surface area contributed by atoms with Gasteiger partial charge in [0.25, 0.3) is 0 Å². The molecule has 0 spiro atoms. The number of halogens is 4. The van der Waals surface area contributed by atoms with Crippen LogP contribution in [0.5, 0.6) is 0 Å². The van der Waals surface area contributed by atoms with Crippen molar-refractivity contribution in [1.29, 1.82) is 0 Å². The minimum atomic E-state index is -4.71. The second-order valence-corrected chi connectivity index (χ2v) is 7.64. The van der Waals surface area contributed by atoms with Gasteiger partial charge >= 0.3 is 6.18 Å². The standard InChI is InChI=1S/C24H22F4N2O/c25-19-10-6-7-17(13-19)14-29-15-22(18-8-2-1-3-9-18)30(16-23(31)24(26,27)28)21-12-5-4-11-20(21)29/h1-13,22-23,31H,14-16H2/t22?,23-/m1/s1. The van der Waals surface area contributed by atoms with E-state index in [0.29, 0.717) is 18.8 Å². The van der Waals surface area contributed by atoms with Crippen molar-refractivity contribution in [2.24, 2.45) is 0 Å². The molecule has 31 heavy (non-hydrogen) atoms. The van der Waals surface area contributed by atoms with E-state index in [9.17, 15) is 22.7 Å². The Labute approximate surface area is 178 Å². The Balaban J connectivity index is 1.75. The third-order valence-electron chi connectivity index (χ3n) is 5.50. The quantitative estimate of drug-likeness (QED) is 0.556. The first-order valence-electron chi connectivity index (χ1n) is 9.98. The minimum absolute atomic E-state index is 0.336. The molecule has 2 atom stereocenters. The van der Waals surface area contributed by atoms with Gasteiger partial charge < -0.3 is 14.9 Å². The van der Waals surface area contributed by atoms with E-state index in [1.54, 1.807) is 23.1 Å². The van der Waals surface area contributed by atoms with E-state index in [1.807, 2.05) is 53.4 Å². The molecule has 1 aliphatic rings. The minimum Gasteiger partial charge on any atom is -0.382 e. The highest BCUT2D eigenvalue weighted by Gasteiger charge is 2.42. The van der Waals surface area contributed by atoms with Gasteiger partial charge in [0.1, 0.15) is 5.82 Å². The number of β-amino-alcohol motifs (C(OH)–C–C–N with tert-alkyl or cyclic N) is 1. The van der Waals surface area contributed by atoms with Crippen LogP contribution in [0.4, 0.5) is 28.9 Å². The molecule has 1 heterocycles. The number of para-hydroxylation sites is 2. The van der Waals surface area contributed by atoms with Crippen molar-refractivity contribution in [3.63, 3.8) is 0 Å². The molecule has 0 fully saturated rings. The molecule has 0 saturated heterocycles. The van der Waals surface area contributed by atoms with E-state index >= 15 is 0 Å². The van der Waals surface area contributed by atoms with E-state index in [2.05, 4.69) is 0 Å². The fourth-order valence-electron chi connectivity index (χ4n) is 4.03. The number of benzene rings is 3. The highest BCUT2D eigenvalue weighted by Crippen LogP contribution is 2.42. The van der Waals surface area contributed by atoms with Gasteiger partial charge in [0.05, 0.1) is 24.0 Å². The smallest absolute Gasteiger partial charge is 0.382 e. The van der Waals surface area contributed by atoms with E-state index < -0.39 is 24.9 Å². The molecule has 1 aliphatic heterocycles. The maximum absolute atomic E-state index is 13.7. The zero-order valence-corrected chi connectivity index (χ0v) is 16.6. The van der Waals surface area contributed by atoms with E-state index in [0.717, 1.165) is 16.8 Å². The molecule has 4 rings (SSSR count). The summed E-state index contributed by atoms with van der Waals surface area (Å²) in [4.78, 5) is 3.66. The number of hydrogen-bond donors (Lipinski definition) is 1. The summed E-state index contributed by atoms with van der Waals surface area (Å²) in [5.41, 5.74) is 2.96. The summed E-state index contributed by atoms with van der Waals surface area (Å²) in [6.45, 7) is 0.226. The SMILES string of the molecule is O[C@H](CN1c2ccccc2N(Cc2cccc(F)c2)CC1c1ccccc1)C(F)(F)F. The highest BCUT2D eigenvalue weighted by molar-refractivity contribution is 5.74. The lowest BCUT2D eigenvalue weighted by Gasteiger charge is -2.45. The van der Waals surface area contributed by atoms with Crippen molar-refractivity contribution in [3.8, 4) is 0 Å². The summed E-state index contributed by atoms with van der Waals surface area (Å²) in [6, 6.07) is 22.3. The largest absolute Gasteiger partial charge is 0.416 e. The normalized spacial score (nSPS) is 17.4. The number of aliphatic hydroxyl groups excluding tert-OH is 1. The highest BCUT2D eigenvalue weighted by atomic mass is 19.4. The molecule has 1 N–H and O–H groups in total. The lowest BCUT2D eigenvalue weighted by atomic mass is 9.98. The Morgan fingerprint density at radius 1 is 0.903 bits per heavy atom. The number of hydrogen-bond acceptors (Lipinski definition) is 3. The molecule has 0 bridgehead atoms. The van der Waals surface area contributed by atoms with Gasteiger partial charge in [-0.25, -0.2) is 4.39 Å².